The molecule has 0 bridgehead atoms. The van der Waals surface area contributed by atoms with Crippen LogP contribution in [0, 0.1) is 11.3 Å². The largest absolute Gasteiger partial charge is 0.431 e. The first kappa shape index (κ1) is 20.4. The van der Waals surface area contributed by atoms with Crippen molar-refractivity contribution in [2.75, 3.05) is 18.0 Å². The van der Waals surface area contributed by atoms with Crippen LogP contribution in [0.5, 0.6) is 0 Å². The van der Waals surface area contributed by atoms with Crippen LogP contribution in [0.1, 0.15) is 48.6 Å². The van der Waals surface area contributed by atoms with Gasteiger partial charge < -0.3 is 18.6 Å². The number of benzene rings is 1. The van der Waals surface area contributed by atoms with E-state index in [2.05, 4.69) is 10.1 Å². The Morgan fingerprint density at radius 2 is 1.90 bits per heavy atom. The fourth-order valence-electron chi connectivity index (χ4n) is 3.92. The zero-order chi connectivity index (χ0) is 21.4. The van der Waals surface area contributed by atoms with Crippen LogP contribution in [0.3, 0.4) is 0 Å². The van der Waals surface area contributed by atoms with Gasteiger partial charge >= 0.3 is 0 Å². The van der Waals surface area contributed by atoms with E-state index in [1.165, 1.54) is 6.26 Å². The number of ether oxygens (including phenoxy) is 1. The molecule has 7 nitrogen and oxygen atoms in total. The van der Waals surface area contributed by atoms with Crippen molar-refractivity contribution in [3.05, 3.63) is 51.5 Å². The molecule has 0 atom stereocenters. The molecular formula is C22H20Cl2N4O3. The lowest BCUT2D eigenvalue weighted by atomic mass is 10.0. The first-order valence-electron chi connectivity index (χ1n) is 10.3. The number of rotatable bonds is 6. The van der Waals surface area contributed by atoms with E-state index in [9.17, 15) is 0 Å². The van der Waals surface area contributed by atoms with Gasteiger partial charge in [0.2, 0.25) is 0 Å². The number of oxazole rings is 1. The topological polar surface area (TPSA) is 88.3 Å². The molecule has 0 spiro atoms. The molecule has 160 valence electrons. The van der Waals surface area contributed by atoms with E-state index in [1.807, 2.05) is 17.0 Å². The Hall–Kier alpha value is -2.53. The normalized spacial score (nSPS) is 17.1. The Morgan fingerprint density at radius 1 is 1.16 bits per heavy atom. The highest BCUT2D eigenvalue weighted by Crippen LogP contribution is 2.46. The summed E-state index contributed by atoms with van der Waals surface area (Å²) < 4.78 is 17.4. The Kier molecular flexibility index (Phi) is 5.61. The van der Waals surface area contributed by atoms with Gasteiger partial charge in [0.15, 0.2) is 5.69 Å². The average Bonchev–Trinajstić information content (AvgIpc) is 3.36. The number of nitrogens with zero attached hydrogens (tertiary/aromatic N) is 4. The second kappa shape index (κ2) is 8.54. The first-order chi connectivity index (χ1) is 15.1. The predicted molar refractivity (Wildman–Crippen MR) is 115 cm³/mol. The number of anilines is 1. The average molecular weight is 459 g/mol. The van der Waals surface area contributed by atoms with Crippen LogP contribution >= 0.6 is 23.2 Å². The summed E-state index contributed by atoms with van der Waals surface area (Å²) in [4.78, 5) is 6.21. The van der Waals surface area contributed by atoms with E-state index in [1.54, 1.807) is 12.1 Å². The third-order valence-corrected chi connectivity index (χ3v) is 6.38. The van der Waals surface area contributed by atoms with Gasteiger partial charge in [-0.2, -0.15) is 10.2 Å². The lowest BCUT2D eigenvalue weighted by molar-refractivity contribution is 0.0241. The van der Waals surface area contributed by atoms with Gasteiger partial charge in [-0.25, -0.2) is 0 Å². The van der Waals surface area contributed by atoms with Crippen molar-refractivity contribution in [1.29, 1.82) is 5.26 Å². The zero-order valence-corrected chi connectivity index (χ0v) is 18.2. The Bertz CT molecular complexity index is 1100. The van der Waals surface area contributed by atoms with Crippen molar-refractivity contribution in [3.8, 4) is 17.3 Å². The fourth-order valence-corrected chi connectivity index (χ4v) is 4.50. The fraction of sp³-hybridized carbons (Fsp3) is 0.409. The third kappa shape index (κ3) is 4.16. The molecule has 1 saturated carbocycles. The Balaban J connectivity index is 1.29. The molecule has 2 fully saturated rings. The van der Waals surface area contributed by atoms with Gasteiger partial charge in [0.1, 0.15) is 23.8 Å². The van der Waals surface area contributed by atoms with Gasteiger partial charge in [0, 0.05) is 30.1 Å². The molecule has 1 aliphatic heterocycles. The summed E-state index contributed by atoms with van der Waals surface area (Å²) in [5, 5.41) is 14.3. The van der Waals surface area contributed by atoms with E-state index in [-0.39, 0.29) is 6.10 Å². The second-order valence-corrected chi connectivity index (χ2v) is 8.68. The summed E-state index contributed by atoms with van der Waals surface area (Å²) in [6.07, 6.45) is 5.32. The molecule has 2 aliphatic rings. The Morgan fingerprint density at radius 3 is 2.55 bits per heavy atom. The molecule has 2 aromatic heterocycles. The van der Waals surface area contributed by atoms with Gasteiger partial charge in [-0.05, 0) is 37.8 Å². The number of halogens is 2. The van der Waals surface area contributed by atoms with Gasteiger partial charge in [0.05, 0.1) is 22.8 Å². The van der Waals surface area contributed by atoms with Gasteiger partial charge in [-0.1, -0.05) is 34.4 Å². The molecule has 1 aromatic carbocycles. The number of hydrogen-bond donors (Lipinski definition) is 0. The summed E-state index contributed by atoms with van der Waals surface area (Å²) in [7, 11) is 0. The van der Waals surface area contributed by atoms with Crippen molar-refractivity contribution >= 4 is 29.2 Å². The van der Waals surface area contributed by atoms with Crippen molar-refractivity contribution < 1.29 is 13.7 Å². The smallest absolute Gasteiger partial charge is 0.298 e. The maximum atomic E-state index is 8.92. The molecule has 0 unspecified atom stereocenters. The molecule has 9 heteroatoms. The van der Waals surface area contributed by atoms with E-state index in [0.717, 1.165) is 50.1 Å². The SMILES string of the molecule is N#Cc1coc(N2CCC(OCc3c(-c4c(Cl)cccc4Cl)noc3C3CC3)CC2)n1. The summed E-state index contributed by atoms with van der Waals surface area (Å²) in [5.74, 6) is 1.27. The van der Waals surface area contributed by atoms with Crippen LogP contribution in [0.2, 0.25) is 10.0 Å². The van der Waals surface area contributed by atoms with E-state index >= 15 is 0 Å². The van der Waals surface area contributed by atoms with Crippen LogP contribution in [-0.4, -0.2) is 29.3 Å². The van der Waals surface area contributed by atoms with E-state index in [4.69, 9.17) is 42.1 Å². The predicted octanol–water partition coefficient (Wildman–Crippen LogP) is 5.57. The maximum absolute atomic E-state index is 8.92. The van der Waals surface area contributed by atoms with Crippen LogP contribution in [0.4, 0.5) is 6.01 Å². The monoisotopic (exact) mass is 458 g/mol. The number of hydrogen-bond acceptors (Lipinski definition) is 7. The maximum Gasteiger partial charge on any atom is 0.298 e. The second-order valence-electron chi connectivity index (χ2n) is 7.87. The van der Waals surface area contributed by atoms with Gasteiger partial charge in [-0.3, -0.25) is 0 Å². The molecule has 0 radical (unpaired) electrons. The van der Waals surface area contributed by atoms with Crippen LogP contribution in [0.25, 0.3) is 11.3 Å². The standard InChI is InChI=1S/C22H20Cl2N4O3/c23-17-2-1-3-18(24)19(17)20-16(21(31-27-20)13-4-5-13)12-29-15-6-8-28(9-7-15)22-26-14(10-25)11-30-22/h1-3,11,13,15H,4-9,12H2. The van der Waals surface area contributed by atoms with Gasteiger partial charge in [-0.15, -0.1) is 0 Å². The molecule has 5 rings (SSSR count). The van der Waals surface area contributed by atoms with Crippen molar-refractivity contribution in [2.24, 2.45) is 0 Å². The molecular weight excluding hydrogens is 439 g/mol. The van der Waals surface area contributed by atoms with Crippen molar-refractivity contribution in [3.63, 3.8) is 0 Å². The minimum absolute atomic E-state index is 0.0955. The minimum atomic E-state index is 0.0955. The van der Waals surface area contributed by atoms with Crippen LogP contribution in [0.15, 0.2) is 33.4 Å². The van der Waals surface area contributed by atoms with Gasteiger partial charge in [0.25, 0.3) is 6.01 Å². The van der Waals surface area contributed by atoms with E-state index in [0.29, 0.717) is 45.5 Å². The highest BCUT2D eigenvalue weighted by Gasteiger charge is 2.34. The zero-order valence-electron chi connectivity index (χ0n) is 16.7. The first-order valence-corrected chi connectivity index (χ1v) is 11.0. The molecule has 31 heavy (non-hydrogen) atoms. The van der Waals surface area contributed by atoms with Crippen molar-refractivity contribution in [2.45, 2.75) is 44.3 Å². The van der Waals surface area contributed by atoms with Crippen LogP contribution in [-0.2, 0) is 11.3 Å². The Labute approximate surface area is 189 Å². The van der Waals surface area contributed by atoms with Crippen LogP contribution < -0.4 is 4.90 Å². The molecule has 3 heterocycles. The quantitative estimate of drug-likeness (QED) is 0.476. The third-order valence-electron chi connectivity index (χ3n) is 5.75. The highest BCUT2D eigenvalue weighted by molar-refractivity contribution is 6.39. The molecule has 1 aliphatic carbocycles. The van der Waals surface area contributed by atoms with Crippen molar-refractivity contribution in [1.82, 2.24) is 10.1 Å². The summed E-state index contributed by atoms with van der Waals surface area (Å²) in [6.45, 7) is 1.89. The number of nitriles is 1. The molecule has 0 amide bonds. The lowest BCUT2D eigenvalue weighted by Crippen LogP contribution is -2.37. The molecule has 0 N–H and O–H groups in total. The number of aromatic nitrogens is 2. The minimum Gasteiger partial charge on any atom is -0.431 e. The summed E-state index contributed by atoms with van der Waals surface area (Å²) in [5.41, 5.74) is 2.58. The lowest BCUT2D eigenvalue weighted by Gasteiger charge is -2.30. The number of piperidine rings is 1. The molecule has 3 aromatic rings. The van der Waals surface area contributed by atoms with E-state index < -0.39 is 0 Å². The molecule has 1 saturated heterocycles. The highest BCUT2D eigenvalue weighted by atomic mass is 35.5. The summed E-state index contributed by atoms with van der Waals surface area (Å²) in [6, 6.07) is 7.89. The summed E-state index contributed by atoms with van der Waals surface area (Å²) >= 11 is 12.9.